The monoisotopic (exact) mass is 353 g/mol. The van der Waals surface area contributed by atoms with Crippen LogP contribution in [-0.4, -0.2) is 35.5 Å². The highest BCUT2D eigenvalue weighted by Crippen LogP contribution is 2.23. The molecule has 2 N–H and O–H groups in total. The highest BCUT2D eigenvalue weighted by molar-refractivity contribution is 9.10. The Hall–Kier alpha value is -0.530. The van der Waals surface area contributed by atoms with Gasteiger partial charge in [0, 0.05) is 25.6 Å². The van der Waals surface area contributed by atoms with Crippen molar-refractivity contribution in [3.63, 3.8) is 0 Å². The highest BCUT2D eigenvalue weighted by Gasteiger charge is 2.16. The second-order valence-corrected chi connectivity index (χ2v) is 5.39. The molecule has 0 bridgehead atoms. The zero-order valence-corrected chi connectivity index (χ0v) is 13.5. The molecule has 0 aliphatic heterocycles. The van der Waals surface area contributed by atoms with Gasteiger partial charge >= 0.3 is 0 Å². The number of rotatable bonds is 9. The highest BCUT2D eigenvalue weighted by atomic mass is 79.9. The molecule has 0 fully saturated rings. The number of halogens is 3. The Labute approximate surface area is 126 Å². The molecule has 0 aliphatic carbocycles. The molecule has 0 aromatic carbocycles. The Morgan fingerprint density at radius 1 is 1.40 bits per heavy atom. The molecule has 4 nitrogen and oxygen atoms in total. The van der Waals surface area contributed by atoms with Crippen LogP contribution in [0.2, 0.25) is 0 Å². The standard InChI is InChI=1S/C13H22BrF2N3O/c1-3-10-13(14)11(19(4-2)18-10)7-9(17)5-6-20-8-12(15)16/h9,12H,3-8,17H2,1-2H3. The molecule has 1 aromatic heterocycles. The minimum absolute atomic E-state index is 0.129. The first-order valence-corrected chi connectivity index (χ1v) is 7.64. The molecule has 1 unspecified atom stereocenters. The van der Waals surface area contributed by atoms with Crippen LogP contribution < -0.4 is 5.73 Å². The molecule has 0 radical (unpaired) electrons. The Kier molecular flexibility index (Phi) is 7.61. The summed E-state index contributed by atoms with van der Waals surface area (Å²) >= 11 is 3.56. The second-order valence-electron chi connectivity index (χ2n) is 4.60. The van der Waals surface area contributed by atoms with E-state index in [1.54, 1.807) is 0 Å². The van der Waals surface area contributed by atoms with Gasteiger partial charge in [-0.3, -0.25) is 4.68 Å². The van der Waals surface area contributed by atoms with Crippen molar-refractivity contribution in [1.29, 1.82) is 0 Å². The molecule has 7 heteroatoms. The van der Waals surface area contributed by atoms with Crippen LogP contribution in [0.25, 0.3) is 0 Å². The summed E-state index contributed by atoms with van der Waals surface area (Å²) in [7, 11) is 0. The maximum atomic E-state index is 11.9. The van der Waals surface area contributed by atoms with Crippen molar-refractivity contribution in [1.82, 2.24) is 9.78 Å². The Morgan fingerprint density at radius 3 is 2.65 bits per heavy atom. The van der Waals surface area contributed by atoms with Crippen LogP contribution in [-0.2, 0) is 24.1 Å². The van der Waals surface area contributed by atoms with Crippen molar-refractivity contribution in [3.8, 4) is 0 Å². The largest absolute Gasteiger partial charge is 0.375 e. The molecular formula is C13H22BrF2N3O. The minimum Gasteiger partial charge on any atom is -0.375 e. The van der Waals surface area contributed by atoms with E-state index in [1.165, 1.54) is 0 Å². The van der Waals surface area contributed by atoms with Crippen LogP contribution in [0.4, 0.5) is 8.78 Å². The van der Waals surface area contributed by atoms with Gasteiger partial charge in [0.05, 0.1) is 15.9 Å². The molecule has 1 aromatic rings. The van der Waals surface area contributed by atoms with E-state index in [4.69, 9.17) is 10.5 Å². The van der Waals surface area contributed by atoms with Crippen molar-refractivity contribution in [2.45, 2.75) is 52.1 Å². The zero-order valence-electron chi connectivity index (χ0n) is 11.9. The fourth-order valence-electron chi connectivity index (χ4n) is 1.97. The van der Waals surface area contributed by atoms with Gasteiger partial charge in [-0.25, -0.2) is 8.78 Å². The van der Waals surface area contributed by atoms with Crippen molar-refractivity contribution in [2.75, 3.05) is 13.2 Å². The first-order valence-electron chi connectivity index (χ1n) is 6.85. The lowest BCUT2D eigenvalue weighted by Crippen LogP contribution is -2.26. The third kappa shape index (κ3) is 5.10. The van der Waals surface area contributed by atoms with Crippen molar-refractivity contribution >= 4 is 15.9 Å². The van der Waals surface area contributed by atoms with Gasteiger partial charge in [-0.2, -0.15) is 5.10 Å². The molecule has 0 aliphatic rings. The van der Waals surface area contributed by atoms with Gasteiger partial charge in [0.15, 0.2) is 0 Å². The van der Waals surface area contributed by atoms with E-state index in [0.29, 0.717) is 12.8 Å². The van der Waals surface area contributed by atoms with Gasteiger partial charge in [0.25, 0.3) is 6.43 Å². The van der Waals surface area contributed by atoms with Gasteiger partial charge in [-0.05, 0) is 35.7 Å². The van der Waals surface area contributed by atoms with E-state index in [0.717, 1.165) is 28.8 Å². The first kappa shape index (κ1) is 17.5. The number of ether oxygens (including phenoxy) is 1. The Balaban J connectivity index is 2.52. The SMILES string of the molecule is CCc1nn(CC)c(CC(N)CCOCC(F)F)c1Br. The van der Waals surface area contributed by atoms with Crippen LogP contribution in [0, 0.1) is 0 Å². The van der Waals surface area contributed by atoms with Gasteiger partial charge in [0.1, 0.15) is 6.61 Å². The van der Waals surface area contributed by atoms with E-state index in [-0.39, 0.29) is 12.6 Å². The van der Waals surface area contributed by atoms with Crippen molar-refractivity contribution in [2.24, 2.45) is 5.73 Å². The average molecular weight is 354 g/mol. The predicted molar refractivity (Wildman–Crippen MR) is 78.1 cm³/mol. The normalized spacial score (nSPS) is 13.2. The van der Waals surface area contributed by atoms with Gasteiger partial charge in [0.2, 0.25) is 0 Å². The Morgan fingerprint density at radius 2 is 2.10 bits per heavy atom. The van der Waals surface area contributed by atoms with Crippen LogP contribution in [0.1, 0.15) is 31.7 Å². The molecular weight excluding hydrogens is 332 g/mol. The lowest BCUT2D eigenvalue weighted by Gasteiger charge is -2.13. The minimum atomic E-state index is -2.42. The number of alkyl halides is 2. The van der Waals surface area contributed by atoms with Gasteiger partial charge < -0.3 is 10.5 Å². The Bertz CT molecular complexity index is 413. The molecule has 0 amide bonds. The molecule has 1 atom stereocenters. The predicted octanol–water partition coefficient (Wildman–Crippen LogP) is 2.77. The smallest absolute Gasteiger partial charge is 0.261 e. The van der Waals surface area contributed by atoms with Gasteiger partial charge in [-0.1, -0.05) is 6.92 Å². The second kappa shape index (κ2) is 8.69. The van der Waals surface area contributed by atoms with E-state index >= 15 is 0 Å². The summed E-state index contributed by atoms with van der Waals surface area (Å²) in [6.07, 6.45) is -0.364. The summed E-state index contributed by atoms with van der Waals surface area (Å²) in [5, 5.41) is 4.50. The van der Waals surface area contributed by atoms with E-state index in [2.05, 4.69) is 28.0 Å². The number of hydrogen-bond donors (Lipinski definition) is 1. The number of hydrogen-bond acceptors (Lipinski definition) is 3. The maximum Gasteiger partial charge on any atom is 0.261 e. The summed E-state index contributed by atoms with van der Waals surface area (Å²) < 4.78 is 31.6. The van der Waals surface area contributed by atoms with Crippen LogP contribution >= 0.6 is 15.9 Å². The van der Waals surface area contributed by atoms with Crippen LogP contribution in [0.3, 0.4) is 0 Å². The van der Waals surface area contributed by atoms with Crippen LogP contribution in [0.5, 0.6) is 0 Å². The summed E-state index contributed by atoms with van der Waals surface area (Å²) in [5.74, 6) is 0. The number of aromatic nitrogens is 2. The molecule has 1 heterocycles. The summed E-state index contributed by atoms with van der Waals surface area (Å²) in [5.41, 5.74) is 8.11. The lowest BCUT2D eigenvalue weighted by atomic mass is 10.1. The number of nitrogens with zero attached hydrogens (tertiary/aromatic N) is 2. The first-order chi connectivity index (χ1) is 9.49. The fourth-order valence-corrected chi connectivity index (χ4v) is 2.70. The quantitative estimate of drug-likeness (QED) is 0.694. The average Bonchev–Trinajstić information content (AvgIpc) is 2.71. The summed E-state index contributed by atoms with van der Waals surface area (Å²) in [6, 6.07) is -0.129. The van der Waals surface area contributed by atoms with E-state index < -0.39 is 13.0 Å². The third-order valence-corrected chi connectivity index (χ3v) is 3.94. The molecule has 116 valence electrons. The molecule has 0 saturated heterocycles. The van der Waals surface area contributed by atoms with E-state index in [1.807, 2.05) is 11.6 Å². The molecule has 1 rings (SSSR count). The zero-order chi connectivity index (χ0) is 15.1. The van der Waals surface area contributed by atoms with Crippen LogP contribution in [0.15, 0.2) is 4.47 Å². The van der Waals surface area contributed by atoms with Gasteiger partial charge in [-0.15, -0.1) is 0 Å². The van der Waals surface area contributed by atoms with Crippen molar-refractivity contribution in [3.05, 3.63) is 15.9 Å². The maximum absolute atomic E-state index is 11.9. The fraction of sp³-hybridized carbons (Fsp3) is 0.769. The topological polar surface area (TPSA) is 53.1 Å². The molecule has 0 saturated carbocycles. The molecule has 20 heavy (non-hydrogen) atoms. The molecule has 0 spiro atoms. The number of nitrogens with two attached hydrogens (primary N) is 1. The van der Waals surface area contributed by atoms with Crippen molar-refractivity contribution < 1.29 is 13.5 Å². The summed E-state index contributed by atoms with van der Waals surface area (Å²) in [6.45, 7) is 4.59. The van der Waals surface area contributed by atoms with E-state index in [9.17, 15) is 8.78 Å². The third-order valence-electron chi connectivity index (χ3n) is 3.03. The lowest BCUT2D eigenvalue weighted by molar-refractivity contribution is 0.0152. The number of aryl methyl sites for hydroxylation is 2. The summed E-state index contributed by atoms with van der Waals surface area (Å²) in [4.78, 5) is 0.